The number of fused-ring (bicyclic) bond motifs is 2. The average Bonchev–Trinajstić information content (AvgIpc) is 2.74. The van der Waals surface area contributed by atoms with Crippen molar-refractivity contribution in [1.29, 1.82) is 0 Å². The van der Waals surface area contributed by atoms with Crippen LogP contribution in [0.4, 0.5) is 15.8 Å². The number of hydrogen-bond acceptors (Lipinski definition) is 4. The van der Waals surface area contributed by atoms with E-state index in [1.807, 2.05) is 0 Å². The van der Waals surface area contributed by atoms with E-state index in [9.17, 15) is 18.8 Å². The van der Waals surface area contributed by atoms with E-state index >= 15 is 0 Å². The lowest BCUT2D eigenvalue weighted by Crippen LogP contribution is -2.32. The molecule has 150 valence electrons. The number of carbonyl (C=O) groups excluding carboxylic acids is 3. The molecule has 1 aliphatic rings. The van der Waals surface area contributed by atoms with E-state index in [1.54, 1.807) is 43.3 Å². The first-order chi connectivity index (χ1) is 14.3. The number of amides is 1. The van der Waals surface area contributed by atoms with Crippen molar-refractivity contribution in [3.63, 3.8) is 0 Å². The summed E-state index contributed by atoms with van der Waals surface area (Å²) in [5.41, 5.74) is 2.17. The number of carbonyl (C=O) groups is 3. The van der Waals surface area contributed by atoms with Gasteiger partial charge in [0.05, 0.1) is 5.02 Å². The zero-order valence-electron chi connectivity index (χ0n) is 15.8. The molecular formula is C23H16ClFN2O3. The molecule has 3 aromatic rings. The summed E-state index contributed by atoms with van der Waals surface area (Å²) >= 11 is 5.76. The monoisotopic (exact) mass is 422 g/mol. The van der Waals surface area contributed by atoms with Crippen LogP contribution >= 0.6 is 11.6 Å². The largest absolute Gasteiger partial charge is 0.374 e. The van der Waals surface area contributed by atoms with Crippen molar-refractivity contribution < 1.29 is 18.8 Å². The Kier molecular flexibility index (Phi) is 5.10. The average molecular weight is 423 g/mol. The highest BCUT2D eigenvalue weighted by Gasteiger charge is 2.29. The number of hydrogen-bond donors (Lipinski definition) is 2. The van der Waals surface area contributed by atoms with Crippen LogP contribution in [-0.4, -0.2) is 23.5 Å². The van der Waals surface area contributed by atoms with Gasteiger partial charge in [-0.25, -0.2) is 4.39 Å². The third-order valence-electron chi connectivity index (χ3n) is 4.89. The molecule has 0 spiro atoms. The molecule has 1 amide bonds. The quantitative estimate of drug-likeness (QED) is 0.500. The van der Waals surface area contributed by atoms with Gasteiger partial charge in [-0.2, -0.15) is 0 Å². The summed E-state index contributed by atoms with van der Waals surface area (Å²) in [5, 5.41) is 5.61. The van der Waals surface area contributed by atoms with Crippen molar-refractivity contribution in [1.82, 2.24) is 0 Å². The molecule has 2 N–H and O–H groups in total. The molecule has 0 heterocycles. The minimum Gasteiger partial charge on any atom is -0.374 e. The maximum Gasteiger partial charge on any atom is 0.246 e. The van der Waals surface area contributed by atoms with Crippen LogP contribution in [0.2, 0.25) is 5.02 Å². The summed E-state index contributed by atoms with van der Waals surface area (Å²) in [7, 11) is 0. The molecule has 7 heteroatoms. The molecule has 3 aromatic carbocycles. The van der Waals surface area contributed by atoms with E-state index < -0.39 is 11.9 Å². The lowest BCUT2D eigenvalue weighted by Gasteiger charge is -2.19. The molecule has 0 saturated heterocycles. The predicted molar refractivity (Wildman–Crippen MR) is 113 cm³/mol. The minimum atomic E-state index is -0.666. The van der Waals surface area contributed by atoms with E-state index in [1.165, 1.54) is 24.3 Å². The van der Waals surface area contributed by atoms with Gasteiger partial charge >= 0.3 is 0 Å². The van der Waals surface area contributed by atoms with Crippen LogP contribution < -0.4 is 10.6 Å². The number of anilines is 2. The Bertz CT molecular complexity index is 1210. The van der Waals surface area contributed by atoms with E-state index in [0.29, 0.717) is 28.1 Å². The highest BCUT2D eigenvalue weighted by atomic mass is 35.5. The van der Waals surface area contributed by atoms with Gasteiger partial charge in [0.15, 0.2) is 11.6 Å². The fourth-order valence-electron chi connectivity index (χ4n) is 3.33. The Morgan fingerprint density at radius 3 is 2.13 bits per heavy atom. The van der Waals surface area contributed by atoms with Gasteiger partial charge in [0.1, 0.15) is 11.9 Å². The second-order valence-corrected chi connectivity index (χ2v) is 7.36. The summed E-state index contributed by atoms with van der Waals surface area (Å²) in [6, 6.07) is 14.7. The number of halogens is 2. The third-order valence-corrected chi connectivity index (χ3v) is 5.18. The van der Waals surface area contributed by atoms with Crippen molar-refractivity contribution in [2.24, 2.45) is 0 Å². The van der Waals surface area contributed by atoms with Crippen LogP contribution in [0, 0.1) is 5.82 Å². The highest BCUT2D eigenvalue weighted by Crippen LogP contribution is 2.29. The summed E-state index contributed by atoms with van der Waals surface area (Å²) in [6.07, 6.45) is 0. The maximum atomic E-state index is 13.3. The molecule has 1 aliphatic carbocycles. The molecule has 0 aromatic heterocycles. The van der Waals surface area contributed by atoms with Crippen molar-refractivity contribution in [3.05, 3.63) is 93.8 Å². The Balaban J connectivity index is 1.53. The van der Waals surface area contributed by atoms with Crippen LogP contribution in [0.5, 0.6) is 0 Å². The maximum absolute atomic E-state index is 13.3. The Morgan fingerprint density at radius 1 is 0.867 bits per heavy atom. The summed E-state index contributed by atoms with van der Waals surface area (Å²) in [5.74, 6) is -1.40. The second kappa shape index (κ2) is 7.72. The lowest BCUT2D eigenvalue weighted by atomic mass is 9.84. The summed E-state index contributed by atoms with van der Waals surface area (Å²) in [4.78, 5) is 38.0. The van der Waals surface area contributed by atoms with Crippen LogP contribution in [0.1, 0.15) is 38.8 Å². The molecule has 1 atom stereocenters. The summed E-state index contributed by atoms with van der Waals surface area (Å²) < 4.78 is 13.3. The number of rotatable bonds is 4. The number of nitrogens with one attached hydrogen (secondary N) is 2. The van der Waals surface area contributed by atoms with Gasteiger partial charge in [0.25, 0.3) is 0 Å². The van der Waals surface area contributed by atoms with Gasteiger partial charge in [-0.3, -0.25) is 14.4 Å². The third kappa shape index (κ3) is 3.57. The fraction of sp³-hybridized carbons (Fsp3) is 0.0870. The number of ketones is 2. The van der Waals surface area contributed by atoms with Crippen molar-refractivity contribution in [2.45, 2.75) is 13.0 Å². The van der Waals surface area contributed by atoms with E-state index in [2.05, 4.69) is 10.6 Å². The van der Waals surface area contributed by atoms with Gasteiger partial charge in [-0.1, -0.05) is 35.9 Å². The lowest BCUT2D eigenvalue weighted by molar-refractivity contribution is -0.116. The normalized spacial score (nSPS) is 13.3. The van der Waals surface area contributed by atoms with Gasteiger partial charge in [-0.05, 0) is 43.3 Å². The molecule has 0 aliphatic heterocycles. The van der Waals surface area contributed by atoms with Gasteiger partial charge in [0.2, 0.25) is 5.91 Å². The molecule has 4 rings (SSSR count). The first kappa shape index (κ1) is 19.8. The molecule has 0 saturated carbocycles. The van der Waals surface area contributed by atoms with E-state index in [4.69, 9.17) is 11.6 Å². The SMILES string of the molecule is C[C@H](Nc1ccc(F)c(Cl)c1)C(=O)Nc1ccc2c(c1)C(=O)c1ccccc1C2=O. The van der Waals surface area contributed by atoms with Crippen LogP contribution in [0.15, 0.2) is 60.7 Å². The molecule has 0 fully saturated rings. The van der Waals surface area contributed by atoms with E-state index in [-0.39, 0.29) is 28.1 Å². The van der Waals surface area contributed by atoms with Gasteiger partial charge < -0.3 is 10.6 Å². The molecule has 5 nitrogen and oxygen atoms in total. The summed E-state index contributed by atoms with van der Waals surface area (Å²) in [6.45, 7) is 1.63. The van der Waals surface area contributed by atoms with Crippen molar-refractivity contribution in [3.8, 4) is 0 Å². The molecular weight excluding hydrogens is 407 g/mol. The van der Waals surface area contributed by atoms with Crippen LogP contribution in [0.25, 0.3) is 0 Å². The van der Waals surface area contributed by atoms with Gasteiger partial charge in [0, 0.05) is 33.6 Å². The van der Waals surface area contributed by atoms with Crippen LogP contribution in [0.3, 0.4) is 0 Å². The second-order valence-electron chi connectivity index (χ2n) is 6.95. The molecule has 0 radical (unpaired) electrons. The Morgan fingerprint density at radius 2 is 1.47 bits per heavy atom. The zero-order valence-corrected chi connectivity index (χ0v) is 16.6. The fourth-order valence-corrected chi connectivity index (χ4v) is 3.51. The first-order valence-corrected chi connectivity index (χ1v) is 9.58. The topological polar surface area (TPSA) is 75.3 Å². The predicted octanol–water partition coefficient (Wildman–Crippen LogP) is 4.69. The molecule has 30 heavy (non-hydrogen) atoms. The van der Waals surface area contributed by atoms with Crippen molar-refractivity contribution >= 4 is 40.4 Å². The van der Waals surface area contributed by atoms with Crippen LogP contribution in [-0.2, 0) is 4.79 Å². The molecule has 0 bridgehead atoms. The number of benzene rings is 3. The first-order valence-electron chi connectivity index (χ1n) is 9.20. The Labute approximate surface area is 176 Å². The van der Waals surface area contributed by atoms with Crippen molar-refractivity contribution in [2.75, 3.05) is 10.6 Å². The minimum absolute atomic E-state index is 0.0502. The van der Waals surface area contributed by atoms with E-state index in [0.717, 1.165) is 0 Å². The Hall–Kier alpha value is -3.51. The standard InChI is InChI=1S/C23H16ClFN2O3/c1-12(26-14-7-9-20(25)19(24)11-14)23(30)27-13-6-8-17-18(10-13)22(29)16-5-3-2-4-15(16)21(17)28/h2-12,26H,1H3,(H,27,30)/t12-/m0/s1. The smallest absolute Gasteiger partial charge is 0.246 e. The zero-order chi connectivity index (χ0) is 21.4. The molecule has 0 unspecified atom stereocenters. The highest BCUT2D eigenvalue weighted by molar-refractivity contribution is 6.31. The van der Waals surface area contributed by atoms with Gasteiger partial charge in [-0.15, -0.1) is 0 Å².